The van der Waals surface area contributed by atoms with E-state index in [0.717, 1.165) is 67.1 Å². The van der Waals surface area contributed by atoms with Gasteiger partial charge < -0.3 is 14.5 Å². The minimum atomic E-state index is 0.0746. The fraction of sp³-hybridized carbons (Fsp3) is 0.0909. The molecule has 8 heteroatoms. The van der Waals surface area contributed by atoms with Gasteiger partial charge in [0.25, 0.3) is 0 Å². The van der Waals surface area contributed by atoms with Crippen LogP contribution in [0, 0.1) is 0 Å². The van der Waals surface area contributed by atoms with Crippen LogP contribution in [-0.4, -0.2) is 31.2 Å². The Hall–Kier alpha value is -8.10. The molecule has 304 valence electrons. The maximum Gasteiger partial charge on any atom is 0.167 e. The van der Waals surface area contributed by atoms with Crippen molar-refractivity contribution in [3.05, 3.63) is 200 Å². The molecule has 0 amide bonds. The summed E-state index contributed by atoms with van der Waals surface area (Å²) in [4.78, 5) is 24.9. The van der Waals surface area contributed by atoms with Crippen LogP contribution in [-0.2, 0) is 5.41 Å². The third-order valence-corrected chi connectivity index (χ3v) is 11.7. The van der Waals surface area contributed by atoms with Crippen LogP contribution in [0.5, 0.6) is 11.5 Å². The van der Waals surface area contributed by atoms with Gasteiger partial charge >= 0.3 is 0 Å². The highest BCUT2D eigenvalue weighted by molar-refractivity contribution is 6.11. The molecule has 7 aromatic carbocycles. The first kappa shape index (κ1) is 37.9. The Morgan fingerprint density at radius 1 is 0.492 bits per heavy atom. The normalized spacial score (nSPS) is 12.6. The van der Waals surface area contributed by atoms with Crippen molar-refractivity contribution in [2.75, 3.05) is 16.5 Å². The lowest BCUT2D eigenvalue weighted by Crippen LogP contribution is -2.24. The lowest BCUT2D eigenvalue weighted by molar-refractivity contribution is 0.484. The van der Waals surface area contributed by atoms with Crippen molar-refractivity contribution in [1.82, 2.24) is 24.5 Å². The van der Waals surface area contributed by atoms with Crippen LogP contribution in [0.1, 0.15) is 26.3 Å². The molecular weight excluding hydrogens is 775 g/mol. The Labute approximate surface area is 366 Å². The number of anilines is 4. The standard InChI is InChI=1S/C55H43N7O/c1-55(2,3)39-28-30-40(31-29-39)60-36-61(48-26-13-12-25-47(48)60)41-21-16-22-42(33-41)63-50-35-49-44(43-23-10-11-24-46(43)62(49)51-27-14-15-32-56-51)34-45(50)54-58-52(37-17-6-4-7-18-37)57-53(59-54)38-19-8-5-9-20-38/h4-35H,36H2,1-3H3. The van der Waals surface area contributed by atoms with Crippen LogP contribution in [0.3, 0.4) is 0 Å². The Morgan fingerprint density at radius 2 is 1.11 bits per heavy atom. The summed E-state index contributed by atoms with van der Waals surface area (Å²) in [6.07, 6.45) is 1.83. The van der Waals surface area contributed by atoms with Gasteiger partial charge in [-0.05, 0) is 71.6 Å². The monoisotopic (exact) mass is 817 g/mol. The van der Waals surface area contributed by atoms with E-state index in [1.165, 1.54) is 5.56 Å². The second kappa shape index (κ2) is 15.4. The molecule has 10 aromatic rings. The van der Waals surface area contributed by atoms with E-state index in [4.69, 9.17) is 24.7 Å². The molecule has 0 bridgehead atoms. The molecule has 0 radical (unpaired) electrons. The molecule has 0 saturated heterocycles. The summed E-state index contributed by atoms with van der Waals surface area (Å²) in [6, 6.07) is 64.6. The summed E-state index contributed by atoms with van der Waals surface area (Å²) in [5.41, 5.74) is 10.3. The van der Waals surface area contributed by atoms with Crippen LogP contribution in [0.2, 0.25) is 0 Å². The number of para-hydroxylation sites is 3. The van der Waals surface area contributed by atoms with Gasteiger partial charge in [0.15, 0.2) is 17.5 Å². The number of aromatic nitrogens is 5. The average molecular weight is 818 g/mol. The van der Waals surface area contributed by atoms with Crippen LogP contribution >= 0.6 is 0 Å². The van der Waals surface area contributed by atoms with Crippen molar-refractivity contribution in [2.24, 2.45) is 0 Å². The predicted molar refractivity (Wildman–Crippen MR) is 256 cm³/mol. The quantitative estimate of drug-likeness (QED) is 0.151. The highest BCUT2D eigenvalue weighted by atomic mass is 16.5. The molecule has 0 unspecified atom stereocenters. The number of pyridine rings is 1. The molecule has 3 aromatic heterocycles. The van der Waals surface area contributed by atoms with Gasteiger partial charge in [-0.2, -0.15) is 0 Å². The molecular formula is C55H43N7O. The third kappa shape index (κ3) is 7.01. The third-order valence-electron chi connectivity index (χ3n) is 11.7. The summed E-state index contributed by atoms with van der Waals surface area (Å²) in [5.74, 6) is 3.76. The highest BCUT2D eigenvalue weighted by Gasteiger charge is 2.29. The van der Waals surface area contributed by atoms with E-state index in [0.29, 0.717) is 35.6 Å². The molecule has 4 heterocycles. The number of hydrogen-bond acceptors (Lipinski definition) is 7. The molecule has 1 aliphatic heterocycles. The molecule has 8 nitrogen and oxygen atoms in total. The average Bonchev–Trinajstić information content (AvgIpc) is 3.88. The molecule has 0 atom stereocenters. The van der Waals surface area contributed by atoms with Crippen LogP contribution < -0.4 is 14.5 Å². The zero-order valence-corrected chi connectivity index (χ0v) is 35.2. The Balaban J connectivity index is 1.07. The zero-order chi connectivity index (χ0) is 42.5. The molecule has 0 saturated carbocycles. The Morgan fingerprint density at radius 3 is 1.78 bits per heavy atom. The van der Waals surface area contributed by atoms with Gasteiger partial charge in [0, 0.05) is 51.6 Å². The molecule has 0 N–H and O–H groups in total. The SMILES string of the molecule is CC(C)(C)c1ccc(N2CN(c3cccc(Oc4cc5c(cc4-c4nc(-c6ccccc6)nc(-c6ccccc6)n4)c4ccccc4n5-c4ccccn4)c3)c3ccccc32)cc1. The summed E-state index contributed by atoms with van der Waals surface area (Å²) < 4.78 is 9.31. The summed E-state index contributed by atoms with van der Waals surface area (Å²) in [7, 11) is 0. The fourth-order valence-electron chi connectivity index (χ4n) is 8.56. The van der Waals surface area contributed by atoms with Gasteiger partial charge in [-0.3, -0.25) is 4.57 Å². The van der Waals surface area contributed by atoms with Crippen molar-refractivity contribution in [3.8, 4) is 51.5 Å². The fourth-order valence-corrected chi connectivity index (χ4v) is 8.56. The molecule has 0 fully saturated rings. The lowest BCUT2D eigenvalue weighted by Gasteiger charge is -2.24. The maximum atomic E-state index is 7.12. The number of ether oxygens (including phenoxy) is 1. The van der Waals surface area contributed by atoms with E-state index < -0.39 is 0 Å². The topological polar surface area (TPSA) is 72.2 Å². The van der Waals surface area contributed by atoms with Crippen LogP contribution in [0.4, 0.5) is 22.7 Å². The molecule has 0 aliphatic carbocycles. The molecule has 11 rings (SSSR count). The van der Waals surface area contributed by atoms with Crippen molar-refractivity contribution >= 4 is 44.6 Å². The summed E-state index contributed by atoms with van der Waals surface area (Å²) >= 11 is 0. The zero-order valence-electron chi connectivity index (χ0n) is 35.2. The van der Waals surface area contributed by atoms with E-state index >= 15 is 0 Å². The van der Waals surface area contributed by atoms with E-state index in [2.05, 4.69) is 138 Å². The second-order valence-corrected chi connectivity index (χ2v) is 16.8. The van der Waals surface area contributed by atoms with Gasteiger partial charge in [0.2, 0.25) is 0 Å². The van der Waals surface area contributed by atoms with Gasteiger partial charge in [0.05, 0.1) is 28.0 Å². The summed E-state index contributed by atoms with van der Waals surface area (Å²) in [5, 5.41) is 2.11. The highest BCUT2D eigenvalue weighted by Crippen LogP contribution is 2.46. The number of hydrogen-bond donors (Lipinski definition) is 0. The van der Waals surface area contributed by atoms with E-state index in [1.54, 1.807) is 0 Å². The van der Waals surface area contributed by atoms with Crippen molar-refractivity contribution in [3.63, 3.8) is 0 Å². The Bertz CT molecular complexity index is 3210. The van der Waals surface area contributed by atoms with Gasteiger partial charge in [-0.15, -0.1) is 0 Å². The number of benzene rings is 7. The summed E-state index contributed by atoms with van der Waals surface area (Å²) in [6.45, 7) is 7.39. The minimum absolute atomic E-state index is 0.0746. The van der Waals surface area contributed by atoms with Crippen molar-refractivity contribution in [1.29, 1.82) is 0 Å². The number of rotatable bonds is 8. The largest absolute Gasteiger partial charge is 0.456 e. The first-order chi connectivity index (χ1) is 30.9. The first-order valence-corrected chi connectivity index (χ1v) is 21.2. The van der Waals surface area contributed by atoms with E-state index in [1.807, 2.05) is 91.1 Å². The second-order valence-electron chi connectivity index (χ2n) is 16.8. The molecule has 1 aliphatic rings. The maximum absolute atomic E-state index is 7.12. The Kier molecular flexibility index (Phi) is 9.27. The van der Waals surface area contributed by atoms with Gasteiger partial charge in [0.1, 0.15) is 24.0 Å². The number of fused-ring (bicyclic) bond motifs is 4. The van der Waals surface area contributed by atoms with Crippen LogP contribution in [0.25, 0.3) is 61.8 Å². The van der Waals surface area contributed by atoms with Crippen molar-refractivity contribution < 1.29 is 4.74 Å². The molecule has 63 heavy (non-hydrogen) atoms. The minimum Gasteiger partial charge on any atom is -0.456 e. The smallest absolute Gasteiger partial charge is 0.167 e. The first-order valence-electron chi connectivity index (χ1n) is 21.2. The van der Waals surface area contributed by atoms with E-state index in [9.17, 15) is 0 Å². The van der Waals surface area contributed by atoms with Gasteiger partial charge in [-0.1, -0.05) is 136 Å². The van der Waals surface area contributed by atoms with E-state index in [-0.39, 0.29) is 5.41 Å². The van der Waals surface area contributed by atoms with Crippen molar-refractivity contribution in [2.45, 2.75) is 26.2 Å². The van der Waals surface area contributed by atoms with Gasteiger partial charge in [-0.25, -0.2) is 19.9 Å². The lowest BCUT2D eigenvalue weighted by atomic mass is 9.87. The van der Waals surface area contributed by atoms with Crippen LogP contribution in [0.15, 0.2) is 194 Å². The number of nitrogens with zero attached hydrogens (tertiary/aromatic N) is 7. The molecule has 0 spiro atoms. The predicted octanol–water partition coefficient (Wildman–Crippen LogP) is 13.7.